The highest BCUT2D eigenvalue weighted by Crippen LogP contribution is 2.52. The lowest BCUT2D eigenvalue weighted by atomic mass is 9.57. The van der Waals surface area contributed by atoms with Crippen LogP contribution in [0.3, 0.4) is 0 Å². The minimum Gasteiger partial charge on any atom is -0.388 e. The van der Waals surface area contributed by atoms with Crippen LogP contribution in [0.1, 0.15) is 47.0 Å². The van der Waals surface area contributed by atoms with Crippen molar-refractivity contribution in [2.24, 2.45) is 16.3 Å². The Kier molecular flexibility index (Phi) is 4.83. The average molecular weight is 297 g/mol. The summed E-state index contributed by atoms with van der Waals surface area (Å²) in [5.74, 6) is 1.36. The van der Waals surface area contributed by atoms with Crippen LogP contribution >= 0.6 is 0 Å². The molecule has 122 valence electrons. The molecule has 1 aliphatic carbocycles. The van der Waals surface area contributed by atoms with E-state index >= 15 is 0 Å². The van der Waals surface area contributed by atoms with E-state index in [4.69, 9.17) is 4.74 Å². The van der Waals surface area contributed by atoms with Gasteiger partial charge in [0, 0.05) is 37.6 Å². The summed E-state index contributed by atoms with van der Waals surface area (Å²) in [5.41, 5.74) is -0.531. The Morgan fingerprint density at radius 2 is 2.05 bits per heavy atom. The third kappa shape index (κ3) is 3.04. The van der Waals surface area contributed by atoms with E-state index in [2.05, 4.69) is 29.5 Å². The Labute approximate surface area is 128 Å². The number of ether oxygens (including phenoxy) is 1. The molecule has 0 aromatic carbocycles. The largest absolute Gasteiger partial charge is 0.388 e. The molecule has 0 aromatic rings. The number of nitrogens with zero attached hydrogens (tertiary/aromatic N) is 1. The van der Waals surface area contributed by atoms with Crippen LogP contribution in [0.5, 0.6) is 0 Å². The van der Waals surface area contributed by atoms with E-state index in [0.29, 0.717) is 24.6 Å². The average Bonchev–Trinajstić information content (AvgIpc) is 2.94. The zero-order valence-corrected chi connectivity index (χ0v) is 14.1. The SMILES string of the molecule is CCC(O)(CC)CNC(=NC)NC1C2CCOC2C1(C)C. The van der Waals surface area contributed by atoms with Gasteiger partial charge in [-0.15, -0.1) is 0 Å². The van der Waals surface area contributed by atoms with Gasteiger partial charge in [-0.05, 0) is 19.3 Å². The zero-order chi connectivity index (χ0) is 15.7. The number of aliphatic imine (C=N–C) groups is 1. The summed E-state index contributed by atoms with van der Waals surface area (Å²) < 4.78 is 5.82. The fourth-order valence-corrected chi connectivity index (χ4v) is 3.71. The van der Waals surface area contributed by atoms with Crippen LogP contribution in [0, 0.1) is 11.3 Å². The number of aliphatic hydroxyl groups is 1. The molecule has 2 fully saturated rings. The summed E-state index contributed by atoms with van der Waals surface area (Å²) in [6.45, 7) is 9.91. The quantitative estimate of drug-likeness (QED) is 0.532. The van der Waals surface area contributed by atoms with Crippen molar-refractivity contribution in [1.29, 1.82) is 0 Å². The lowest BCUT2D eigenvalue weighted by Crippen LogP contribution is -2.68. The fourth-order valence-electron chi connectivity index (χ4n) is 3.71. The van der Waals surface area contributed by atoms with Gasteiger partial charge in [0.05, 0.1) is 11.7 Å². The van der Waals surface area contributed by atoms with Crippen LogP contribution in [-0.4, -0.2) is 49.0 Å². The maximum absolute atomic E-state index is 10.4. The normalized spacial score (nSPS) is 31.5. The lowest BCUT2D eigenvalue weighted by Gasteiger charge is -2.55. The Morgan fingerprint density at radius 1 is 1.38 bits per heavy atom. The van der Waals surface area contributed by atoms with Crippen LogP contribution in [-0.2, 0) is 4.74 Å². The van der Waals surface area contributed by atoms with E-state index in [1.807, 2.05) is 13.8 Å². The Balaban J connectivity index is 1.92. The number of guanidine groups is 1. The van der Waals surface area contributed by atoms with Crippen molar-refractivity contribution in [2.75, 3.05) is 20.2 Å². The molecule has 21 heavy (non-hydrogen) atoms. The van der Waals surface area contributed by atoms with E-state index in [9.17, 15) is 5.11 Å². The summed E-state index contributed by atoms with van der Waals surface area (Å²) in [4.78, 5) is 4.30. The van der Waals surface area contributed by atoms with Crippen molar-refractivity contribution in [1.82, 2.24) is 10.6 Å². The standard InChI is InChI=1S/C16H31N3O2/c1-6-16(20,7-2)10-18-14(17-5)19-12-11-8-9-21-13(11)15(12,3)4/h11-13,20H,6-10H2,1-5H3,(H2,17,18,19). The molecule has 0 spiro atoms. The van der Waals surface area contributed by atoms with Crippen LogP contribution in [0.15, 0.2) is 4.99 Å². The first-order valence-electron chi connectivity index (χ1n) is 8.19. The van der Waals surface area contributed by atoms with Gasteiger partial charge >= 0.3 is 0 Å². The molecule has 5 nitrogen and oxygen atoms in total. The third-order valence-electron chi connectivity index (χ3n) is 5.52. The van der Waals surface area contributed by atoms with E-state index < -0.39 is 5.60 Å². The first kappa shape index (κ1) is 16.6. The highest BCUT2D eigenvalue weighted by atomic mass is 16.5. The number of fused-ring (bicyclic) bond motifs is 1. The monoisotopic (exact) mass is 297 g/mol. The molecule has 1 aliphatic heterocycles. The van der Waals surface area contributed by atoms with Gasteiger partial charge in [0.25, 0.3) is 0 Å². The van der Waals surface area contributed by atoms with E-state index in [0.717, 1.165) is 31.8 Å². The van der Waals surface area contributed by atoms with Crippen molar-refractivity contribution in [3.8, 4) is 0 Å². The van der Waals surface area contributed by atoms with Gasteiger partial charge in [-0.3, -0.25) is 4.99 Å². The highest BCUT2D eigenvalue weighted by molar-refractivity contribution is 5.80. The molecule has 1 saturated carbocycles. The first-order chi connectivity index (χ1) is 9.88. The second kappa shape index (κ2) is 6.13. The molecule has 0 bridgehead atoms. The Hall–Kier alpha value is -0.810. The molecule has 3 unspecified atom stereocenters. The van der Waals surface area contributed by atoms with Crippen molar-refractivity contribution in [3.05, 3.63) is 0 Å². The van der Waals surface area contributed by atoms with E-state index in [1.54, 1.807) is 7.05 Å². The second-order valence-corrected chi connectivity index (χ2v) is 7.04. The van der Waals surface area contributed by atoms with Gasteiger partial charge in [-0.1, -0.05) is 27.7 Å². The van der Waals surface area contributed by atoms with Crippen molar-refractivity contribution in [3.63, 3.8) is 0 Å². The van der Waals surface area contributed by atoms with Gasteiger partial charge in [0.15, 0.2) is 5.96 Å². The lowest BCUT2D eigenvalue weighted by molar-refractivity contribution is -0.106. The third-order valence-corrected chi connectivity index (χ3v) is 5.52. The molecule has 2 aliphatic rings. The summed E-state index contributed by atoms with van der Waals surface area (Å²) in [6.07, 6.45) is 2.97. The summed E-state index contributed by atoms with van der Waals surface area (Å²) >= 11 is 0. The van der Waals surface area contributed by atoms with Crippen molar-refractivity contribution in [2.45, 2.75) is 64.7 Å². The molecule has 3 atom stereocenters. The van der Waals surface area contributed by atoms with Gasteiger partial charge in [-0.25, -0.2) is 0 Å². The molecule has 5 heteroatoms. The maximum Gasteiger partial charge on any atom is 0.191 e. The van der Waals surface area contributed by atoms with Crippen LogP contribution in [0.25, 0.3) is 0 Å². The van der Waals surface area contributed by atoms with E-state index in [-0.39, 0.29) is 5.41 Å². The van der Waals surface area contributed by atoms with Crippen molar-refractivity contribution < 1.29 is 9.84 Å². The molecule has 0 radical (unpaired) electrons. The number of rotatable bonds is 5. The Bertz CT molecular complexity index is 391. The minimum absolute atomic E-state index is 0.130. The van der Waals surface area contributed by atoms with E-state index in [1.165, 1.54) is 0 Å². The molecular weight excluding hydrogens is 266 g/mol. The topological polar surface area (TPSA) is 65.9 Å². The number of hydrogen-bond acceptors (Lipinski definition) is 3. The van der Waals surface area contributed by atoms with Gasteiger partial charge in [0.2, 0.25) is 0 Å². The van der Waals surface area contributed by atoms with Crippen LogP contribution in [0.4, 0.5) is 0 Å². The second-order valence-electron chi connectivity index (χ2n) is 7.04. The van der Waals surface area contributed by atoms with Crippen molar-refractivity contribution >= 4 is 5.96 Å². The smallest absolute Gasteiger partial charge is 0.191 e. The molecular formula is C16H31N3O2. The molecule has 0 amide bonds. The fraction of sp³-hybridized carbons (Fsp3) is 0.938. The zero-order valence-electron chi connectivity index (χ0n) is 14.1. The molecule has 1 heterocycles. The first-order valence-corrected chi connectivity index (χ1v) is 8.19. The predicted octanol–water partition coefficient (Wildman–Crippen LogP) is 1.52. The van der Waals surface area contributed by atoms with Crippen LogP contribution < -0.4 is 10.6 Å². The van der Waals surface area contributed by atoms with Gasteiger partial charge in [-0.2, -0.15) is 0 Å². The molecule has 0 aromatic heterocycles. The summed E-state index contributed by atoms with van der Waals surface area (Å²) in [6, 6.07) is 0.382. The Morgan fingerprint density at radius 3 is 2.62 bits per heavy atom. The molecule has 1 saturated heterocycles. The summed E-state index contributed by atoms with van der Waals surface area (Å²) in [5, 5.41) is 17.2. The predicted molar refractivity (Wildman–Crippen MR) is 85.4 cm³/mol. The summed E-state index contributed by atoms with van der Waals surface area (Å²) in [7, 11) is 1.78. The maximum atomic E-state index is 10.4. The van der Waals surface area contributed by atoms with Gasteiger partial charge in [0.1, 0.15) is 0 Å². The minimum atomic E-state index is -0.661. The number of hydrogen-bond donors (Lipinski definition) is 3. The highest BCUT2D eigenvalue weighted by Gasteiger charge is 2.59. The molecule has 3 N–H and O–H groups in total. The number of nitrogens with one attached hydrogen (secondary N) is 2. The van der Waals surface area contributed by atoms with Crippen LogP contribution in [0.2, 0.25) is 0 Å². The van der Waals surface area contributed by atoms with Gasteiger partial charge < -0.3 is 20.5 Å². The molecule has 2 rings (SSSR count).